The van der Waals surface area contributed by atoms with E-state index in [0.717, 1.165) is 6.07 Å². The van der Waals surface area contributed by atoms with Crippen LogP contribution in [0.1, 0.15) is 24.5 Å². The Bertz CT molecular complexity index is 446. The molecule has 1 rings (SSSR count). The summed E-state index contributed by atoms with van der Waals surface area (Å²) in [5.41, 5.74) is -2.75. The minimum Gasteiger partial charge on any atom is -0.496 e. The molecule has 0 saturated heterocycles. The zero-order valence-corrected chi connectivity index (χ0v) is 11.0. The van der Waals surface area contributed by atoms with Gasteiger partial charge in [-0.1, -0.05) is 18.5 Å². The van der Waals surface area contributed by atoms with Gasteiger partial charge in [-0.2, -0.15) is 13.2 Å². The summed E-state index contributed by atoms with van der Waals surface area (Å²) in [6.45, 7) is 2.90. The normalized spacial score (nSPS) is 15.3. The summed E-state index contributed by atoms with van der Waals surface area (Å²) in [6.07, 6.45) is -5.32. The Hall–Kier alpha value is -0.940. The van der Waals surface area contributed by atoms with Crippen molar-refractivity contribution in [2.45, 2.75) is 32.0 Å². The fourth-order valence-corrected chi connectivity index (χ4v) is 1.85. The molecule has 0 saturated carbocycles. The molecular formula is C12H14ClF3O2. The SMILES string of the molecule is CCC(O)(c1cc(Cl)c(C)cc1OC)C(F)(F)F. The molecule has 0 aromatic heterocycles. The molecule has 0 fully saturated rings. The summed E-state index contributed by atoms with van der Waals surface area (Å²) in [7, 11) is 1.25. The van der Waals surface area contributed by atoms with E-state index in [1.807, 2.05) is 0 Å². The van der Waals surface area contributed by atoms with Crippen molar-refractivity contribution in [3.05, 3.63) is 28.3 Å². The van der Waals surface area contributed by atoms with Crippen LogP contribution in [0.5, 0.6) is 5.75 Å². The first kappa shape index (κ1) is 15.1. The van der Waals surface area contributed by atoms with Crippen molar-refractivity contribution in [3.63, 3.8) is 0 Å². The van der Waals surface area contributed by atoms with Crippen LogP contribution in [0, 0.1) is 6.92 Å². The van der Waals surface area contributed by atoms with Gasteiger partial charge in [0, 0.05) is 10.6 Å². The van der Waals surface area contributed by atoms with Crippen molar-refractivity contribution >= 4 is 11.6 Å². The predicted octanol–water partition coefficient (Wildman–Crippen LogP) is 3.82. The first-order chi connectivity index (χ1) is 8.17. The van der Waals surface area contributed by atoms with Crippen molar-refractivity contribution in [1.29, 1.82) is 0 Å². The maximum absolute atomic E-state index is 13.0. The summed E-state index contributed by atoms with van der Waals surface area (Å²) in [4.78, 5) is 0. The monoisotopic (exact) mass is 282 g/mol. The number of hydrogen-bond acceptors (Lipinski definition) is 2. The largest absolute Gasteiger partial charge is 0.496 e. The summed E-state index contributed by atoms with van der Waals surface area (Å²) in [5.74, 6) is -0.0291. The highest BCUT2D eigenvalue weighted by Crippen LogP contribution is 2.46. The van der Waals surface area contributed by atoms with Gasteiger partial charge in [-0.15, -0.1) is 0 Å². The first-order valence-electron chi connectivity index (χ1n) is 5.31. The van der Waals surface area contributed by atoms with Crippen LogP contribution in [0.4, 0.5) is 13.2 Å². The molecule has 0 amide bonds. The Morgan fingerprint density at radius 1 is 1.33 bits per heavy atom. The molecule has 1 unspecified atom stereocenters. The molecule has 1 aromatic carbocycles. The van der Waals surface area contributed by atoms with Crippen molar-refractivity contribution in [2.75, 3.05) is 7.11 Å². The minimum absolute atomic E-state index is 0.0291. The molecule has 0 aliphatic heterocycles. The van der Waals surface area contributed by atoms with Crippen LogP contribution in [0.3, 0.4) is 0 Å². The number of rotatable bonds is 3. The molecule has 6 heteroatoms. The van der Waals surface area contributed by atoms with Crippen LogP contribution in [-0.2, 0) is 5.60 Å². The highest BCUT2D eigenvalue weighted by Gasteiger charge is 2.55. The lowest BCUT2D eigenvalue weighted by atomic mass is 9.89. The van der Waals surface area contributed by atoms with Crippen molar-refractivity contribution in [1.82, 2.24) is 0 Å². The quantitative estimate of drug-likeness (QED) is 0.913. The van der Waals surface area contributed by atoms with E-state index in [0.29, 0.717) is 5.56 Å². The summed E-state index contributed by atoms with van der Waals surface area (Å²) >= 11 is 5.82. The summed E-state index contributed by atoms with van der Waals surface area (Å²) < 4.78 is 43.9. The van der Waals surface area contributed by atoms with Gasteiger partial charge in [0.2, 0.25) is 0 Å². The second-order valence-corrected chi connectivity index (χ2v) is 4.42. The van der Waals surface area contributed by atoms with Gasteiger partial charge >= 0.3 is 6.18 Å². The number of aliphatic hydroxyl groups is 1. The van der Waals surface area contributed by atoms with Crippen molar-refractivity contribution < 1.29 is 23.0 Å². The standard InChI is InChI=1S/C12H14ClF3O2/c1-4-11(17,12(14,15)16)8-6-9(13)7(2)5-10(8)18-3/h5-6,17H,4H2,1-3H3. The lowest BCUT2D eigenvalue weighted by Gasteiger charge is -2.31. The second kappa shape index (κ2) is 4.97. The molecule has 18 heavy (non-hydrogen) atoms. The van der Waals surface area contributed by atoms with E-state index >= 15 is 0 Å². The zero-order valence-electron chi connectivity index (χ0n) is 10.2. The Labute approximate surface area is 108 Å². The van der Waals surface area contributed by atoms with E-state index in [1.165, 1.54) is 20.1 Å². The van der Waals surface area contributed by atoms with Gasteiger partial charge < -0.3 is 9.84 Å². The third-order valence-electron chi connectivity index (χ3n) is 2.91. The van der Waals surface area contributed by atoms with E-state index in [1.54, 1.807) is 6.92 Å². The number of alkyl halides is 3. The molecule has 0 spiro atoms. The zero-order chi connectivity index (χ0) is 14.1. The molecule has 1 aromatic rings. The van der Waals surface area contributed by atoms with Crippen LogP contribution >= 0.6 is 11.6 Å². The molecule has 2 nitrogen and oxygen atoms in total. The van der Waals surface area contributed by atoms with E-state index in [9.17, 15) is 18.3 Å². The van der Waals surface area contributed by atoms with E-state index in [4.69, 9.17) is 16.3 Å². The van der Waals surface area contributed by atoms with Gasteiger partial charge in [-0.3, -0.25) is 0 Å². The van der Waals surface area contributed by atoms with E-state index in [-0.39, 0.29) is 16.3 Å². The Balaban J connectivity index is 3.52. The third kappa shape index (κ3) is 2.42. The Kier molecular flexibility index (Phi) is 4.18. The van der Waals surface area contributed by atoms with Crippen LogP contribution < -0.4 is 4.74 Å². The molecule has 0 radical (unpaired) electrons. The topological polar surface area (TPSA) is 29.5 Å². The summed E-state index contributed by atoms with van der Waals surface area (Å²) in [5, 5.41) is 10.0. The predicted molar refractivity (Wildman–Crippen MR) is 63.0 cm³/mol. The smallest absolute Gasteiger partial charge is 0.421 e. The summed E-state index contributed by atoms with van der Waals surface area (Å²) in [6, 6.07) is 2.48. The molecule has 0 heterocycles. The molecule has 1 atom stereocenters. The lowest BCUT2D eigenvalue weighted by molar-refractivity contribution is -0.268. The average molecular weight is 283 g/mol. The number of hydrogen-bond donors (Lipinski definition) is 1. The number of halogens is 4. The van der Waals surface area contributed by atoms with Crippen LogP contribution in [0.25, 0.3) is 0 Å². The molecule has 102 valence electrons. The van der Waals surface area contributed by atoms with Gasteiger partial charge in [-0.05, 0) is 31.0 Å². The maximum Gasteiger partial charge on any atom is 0.421 e. The Morgan fingerprint density at radius 3 is 2.28 bits per heavy atom. The van der Waals surface area contributed by atoms with Gasteiger partial charge in [0.1, 0.15) is 5.75 Å². The van der Waals surface area contributed by atoms with Gasteiger partial charge in [0.15, 0.2) is 5.60 Å². The van der Waals surface area contributed by atoms with Crippen LogP contribution in [0.2, 0.25) is 5.02 Å². The average Bonchev–Trinajstić information content (AvgIpc) is 2.29. The second-order valence-electron chi connectivity index (χ2n) is 4.01. The fourth-order valence-electron chi connectivity index (χ4n) is 1.69. The Morgan fingerprint density at radius 2 is 1.89 bits per heavy atom. The third-order valence-corrected chi connectivity index (χ3v) is 3.31. The lowest BCUT2D eigenvalue weighted by Crippen LogP contribution is -2.42. The van der Waals surface area contributed by atoms with Crippen LogP contribution in [0.15, 0.2) is 12.1 Å². The van der Waals surface area contributed by atoms with Crippen molar-refractivity contribution in [3.8, 4) is 5.75 Å². The number of ether oxygens (including phenoxy) is 1. The number of benzene rings is 1. The minimum atomic E-state index is -4.80. The molecule has 0 bridgehead atoms. The number of methoxy groups -OCH3 is 1. The number of aryl methyl sites for hydroxylation is 1. The molecule has 1 N–H and O–H groups in total. The van der Waals surface area contributed by atoms with E-state index < -0.39 is 18.2 Å². The highest BCUT2D eigenvalue weighted by molar-refractivity contribution is 6.31. The maximum atomic E-state index is 13.0. The molecule has 0 aliphatic rings. The highest BCUT2D eigenvalue weighted by atomic mass is 35.5. The van der Waals surface area contributed by atoms with Crippen molar-refractivity contribution in [2.24, 2.45) is 0 Å². The van der Waals surface area contributed by atoms with Gasteiger partial charge in [0.25, 0.3) is 0 Å². The van der Waals surface area contributed by atoms with Gasteiger partial charge in [0.05, 0.1) is 7.11 Å². The fraction of sp³-hybridized carbons (Fsp3) is 0.500. The van der Waals surface area contributed by atoms with E-state index in [2.05, 4.69) is 0 Å². The van der Waals surface area contributed by atoms with Crippen LogP contribution in [-0.4, -0.2) is 18.4 Å². The molecule has 0 aliphatic carbocycles. The first-order valence-corrected chi connectivity index (χ1v) is 5.69. The van der Waals surface area contributed by atoms with Gasteiger partial charge in [-0.25, -0.2) is 0 Å². The molecular weight excluding hydrogens is 269 g/mol.